The molecule has 0 aromatic rings. The fraction of sp³-hybridized carbons (Fsp3) is 1.00. The Morgan fingerprint density at radius 3 is 2.83 bits per heavy atom. The van der Waals surface area contributed by atoms with Gasteiger partial charge in [0.25, 0.3) is 0 Å². The van der Waals surface area contributed by atoms with Crippen LogP contribution in [-0.2, 0) is 0 Å². The second kappa shape index (κ2) is 4.75. The Morgan fingerprint density at radius 1 is 1.28 bits per heavy atom. The van der Waals surface area contributed by atoms with E-state index >= 15 is 0 Å². The van der Waals surface area contributed by atoms with Crippen LogP contribution in [0.2, 0.25) is 0 Å². The number of hydrogen-bond acceptors (Lipinski definition) is 4. The van der Waals surface area contributed by atoms with E-state index in [4.69, 9.17) is 5.73 Å². The maximum absolute atomic E-state index is 9.41. The summed E-state index contributed by atoms with van der Waals surface area (Å²) in [5, 5.41) is 9.41. The third kappa shape index (κ3) is 2.20. The van der Waals surface area contributed by atoms with Crippen LogP contribution in [0, 0.1) is 0 Å². The zero-order chi connectivity index (χ0) is 12.8. The lowest BCUT2D eigenvalue weighted by Crippen LogP contribution is -2.58. The largest absolute Gasteiger partial charge is 0.394 e. The Balaban J connectivity index is 1.65. The molecule has 0 aromatic heterocycles. The highest BCUT2D eigenvalue weighted by Crippen LogP contribution is 2.35. The van der Waals surface area contributed by atoms with Crippen LogP contribution in [0.15, 0.2) is 0 Å². The first-order valence-electron chi connectivity index (χ1n) is 7.51. The van der Waals surface area contributed by atoms with Gasteiger partial charge in [-0.2, -0.15) is 0 Å². The van der Waals surface area contributed by atoms with Crippen LogP contribution in [0.4, 0.5) is 0 Å². The molecule has 3 fully saturated rings. The summed E-state index contributed by atoms with van der Waals surface area (Å²) >= 11 is 0. The summed E-state index contributed by atoms with van der Waals surface area (Å²) in [6, 6.07) is 2.02. The summed E-state index contributed by atoms with van der Waals surface area (Å²) in [6.45, 7) is 6.22. The van der Waals surface area contributed by atoms with Crippen molar-refractivity contribution in [2.24, 2.45) is 5.73 Å². The lowest BCUT2D eigenvalue weighted by atomic mass is 9.99. The number of nitrogens with zero attached hydrogens (tertiary/aromatic N) is 2. The van der Waals surface area contributed by atoms with Crippen molar-refractivity contribution in [3.05, 3.63) is 0 Å². The van der Waals surface area contributed by atoms with Crippen LogP contribution in [0.5, 0.6) is 0 Å². The van der Waals surface area contributed by atoms with Gasteiger partial charge in [0.15, 0.2) is 0 Å². The summed E-state index contributed by atoms with van der Waals surface area (Å²) < 4.78 is 0. The summed E-state index contributed by atoms with van der Waals surface area (Å²) in [5.41, 5.74) is 5.91. The zero-order valence-corrected chi connectivity index (χ0v) is 11.5. The first kappa shape index (κ1) is 12.9. The average molecular weight is 253 g/mol. The van der Waals surface area contributed by atoms with Crippen molar-refractivity contribution in [1.82, 2.24) is 9.80 Å². The van der Waals surface area contributed by atoms with E-state index in [2.05, 4.69) is 16.7 Å². The molecule has 1 saturated carbocycles. The van der Waals surface area contributed by atoms with Gasteiger partial charge in [-0.3, -0.25) is 9.80 Å². The molecule has 104 valence electrons. The number of rotatable bonds is 2. The molecule has 0 amide bonds. The number of aliphatic hydroxyl groups is 1. The quantitative estimate of drug-likeness (QED) is 0.748. The minimum atomic E-state index is -0.308. The van der Waals surface area contributed by atoms with E-state index in [1.165, 1.54) is 32.5 Å². The Labute approximate surface area is 110 Å². The van der Waals surface area contributed by atoms with Crippen molar-refractivity contribution < 1.29 is 5.11 Å². The van der Waals surface area contributed by atoms with Crippen molar-refractivity contribution in [2.75, 3.05) is 26.2 Å². The number of nitrogens with two attached hydrogens (primary N) is 1. The molecular formula is C14H27N3O. The van der Waals surface area contributed by atoms with Gasteiger partial charge >= 0.3 is 0 Å². The smallest absolute Gasteiger partial charge is 0.0611 e. The predicted octanol–water partition coefficient (Wildman–Crippen LogP) is 0.397. The molecule has 0 aromatic carbocycles. The highest BCUT2D eigenvalue weighted by atomic mass is 16.3. The second-order valence-electron chi connectivity index (χ2n) is 6.75. The Morgan fingerprint density at radius 2 is 2.11 bits per heavy atom. The third-order valence-corrected chi connectivity index (χ3v) is 5.39. The molecular weight excluding hydrogens is 226 g/mol. The molecule has 2 heterocycles. The summed E-state index contributed by atoms with van der Waals surface area (Å²) in [5.74, 6) is 0. The van der Waals surface area contributed by atoms with Crippen LogP contribution >= 0.6 is 0 Å². The lowest BCUT2D eigenvalue weighted by Gasteiger charge is -2.45. The summed E-state index contributed by atoms with van der Waals surface area (Å²) in [6.07, 6.45) is 5.84. The zero-order valence-electron chi connectivity index (χ0n) is 11.5. The summed E-state index contributed by atoms with van der Waals surface area (Å²) in [7, 11) is 0. The van der Waals surface area contributed by atoms with Crippen LogP contribution < -0.4 is 5.73 Å². The van der Waals surface area contributed by atoms with Crippen LogP contribution in [0.1, 0.15) is 39.0 Å². The van der Waals surface area contributed by atoms with Gasteiger partial charge in [-0.25, -0.2) is 0 Å². The monoisotopic (exact) mass is 253 g/mol. The second-order valence-corrected chi connectivity index (χ2v) is 6.75. The first-order chi connectivity index (χ1) is 8.61. The number of hydrogen-bond donors (Lipinski definition) is 2. The molecule has 3 aliphatic rings. The molecule has 0 radical (unpaired) electrons. The fourth-order valence-corrected chi connectivity index (χ4v) is 4.27. The maximum Gasteiger partial charge on any atom is 0.0611 e. The van der Waals surface area contributed by atoms with E-state index < -0.39 is 0 Å². The molecule has 3 N–H and O–H groups in total. The number of aliphatic hydroxyl groups excluding tert-OH is 1. The topological polar surface area (TPSA) is 52.7 Å². The standard InChI is InChI=1S/C14H27N3O/c1-11-8-16-6-2-3-13(16)9-17(11)12-4-5-14(15,7-12)10-18/h11-13,18H,2-10,15H2,1H3. The SMILES string of the molecule is CC1CN2CCCC2CN1C1CCC(N)(CO)C1. The van der Waals surface area contributed by atoms with E-state index in [1.807, 2.05) is 0 Å². The van der Waals surface area contributed by atoms with E-state index in [1.54, 1.807) is 0 Å². The van der Waals surface area contributed by atoms with Crippen molar-refractivity contribution >= 4 is 0 Å². The average Bonchev–Trinajstić information content (AvgIpc) is 2.95. The van der Waals surface area contributed by atoms with Crippen LogP contribution in [-0.4, -0.2) is 64.8 Å². The normalized spacial score (nSPS) is 46.5. The van der Waals surface area contributed by atoms with Gasteiger partial charge in [0.2, 0.25) is 0 Å². The molecule has 4 nitrogen and oxygen atoms in total. The van der Waals surface area contributed by atoms with Gasteiger partial charge in [0.1, 0.15) is 0 Å². The predicted molar refractivity (Wildman–Crippen MR) is 72.4 cm³/mol. The minimum absolute atomic E-state index is 0.140. The molecule has 2 saturated heterocycles. The molecule has 4 atom stereocenters. The Bertz CT molecular complexity index is 311. The highest BCUT2D eigenvalue weighted by molar-refractivity contribution is 5.01. The van der Waals surface area contributed by atoms with E-state index in [0.717, 1.165) is 25.3 Å². The third-order valence-electron chi connectivity index (χ3n) is 5.39. The molecule has 18 heavy (non-hydrogen) atoms. The van der Waals surface area contributed by atoms with Gasteiger partial charge < -0.3 is 10.8 Å². The van der Waals surface area contributed by atoms with Crippen molar-refractivity contribution in [1.29, 1.82) is 0 Å². The molecule has 2 aliphatic heterocycles. The number of fused-ring (bicyclic) bond motifs is 1. The van der Waals surface area contributed by atoms with Crippen LogP contribution in [0.3, 0.4) is 0 Å². The van der Waals surface area contributed by atoms with Gasteiger partial charge in [-0.05, 0) is 45.6 Å². The van der Waals surface area contributed by atoms with Crippen molar-refractivity contribution in [3.8, 4) is 0 Å². The number of piperazine rings is 1. The molecule has 1 aliphatic carbocycles. The van der Waals surface area contributed by atoms with E-state index in [0.29, 0.717) is 12.1 Å². The molecule has 0 bridgehead atoms. The van der Waals surface area contributed by atoms with E-state index in [-0.39, 0.29) is 12.1 Å². The fourth-order valence-electron chi connectivity index (χ4n) is 4.27. The molecule has 0 spiro atoms. The first-order valence-corrected chi connectivity index (χ1v) is 7.51. The Hall–Kier alpha value is -0.160. The maximum atomic E-state index is 9.41. The van der Waals surface area contributed by atoms with Crippen molar-refractivity contribution in [3.63, 3.8) is 0 Å². The van der Waals surface area contributed by atoms with Gasteiger partial charge in [-0.15, -0.1) is 0 Å². The van der Waals surface area contributed by atoms with Gasteiger partial charge in [-0.1, -0.05) is 0 Å². The molecule has 4 unspecified atom stereocenters. The highest BCUT2D eigenvalue weighted by Gasteiger charge is 2.43. The Kier molecular flexibility index (Phi) is 3.39. The molecule has 3 rings (SSSR count). The molecule has 4 heteroatoms. The van der Waals surface area contributed by atoms with Gasteiger partial charge in [0, 0.05) is 36.8 Å². The van der Waals surface area contributed by atoms with Crippen molar-refractivity contribution in [2.45, 2.75) is 62.7 Å². The minimum Gasteiger partial charge on any atom is -0.394 e. The van der Waals surface area contributed by atoms with Gasteiger partial charge in [0.05, 0.1) is 6.61 Å². The van der Waals surface area contributed by atoms with E-state index in [9.17, 15) is 5.11 Å². The lowest BCUT2D eigenvalue weighted by molar-refractivity contribution is 0.0267. The summed E-state index contributed by atoms with van der Waals surface area (Å²) in [4.78, 5) is 5.34. The van der Waals surface area contributed by atoms with Crippen LogP contribution in [0.25, 0.3) is 0 Å².